The summed E-state index contributed by atoms with van der Waals surface area (Å²) in [7, 11) is 0. The van der Waals surface area contributed by atoms with Crippen molar-refractivity contribution in [2.75, 3.05) is 19.6 Å². The van der Waals surface area contributed by atoms with E-state index in [9.17, 15) is 14.4 Å². The number of nitrogens with one attached hydrogen (secondary N) is 1. The van der Waals surface area contributed by atoms with Gasteiger partial charge in [-0.3, -0.25) is 19.4 Å². The standard InChI is InChI=1S/C24H31N3O4/c1-2-17-27(23(29)10-6-9-20-11-14-25-15-12-20)18-22(28)26-16-13-24(30)31-19-21-7-4-3-5-8-21/h3-5,7-8,11-12,14-15H,2,6,9-10,13,16-19H2,1H3,(H,26,28). The molecule has 0 atom stereocenters. The monoisotopic (exact) mass is 425 g/mol. The lowest BCUT2D eigenvalue weighted by Gasteiger charge is -2.21. The summed E-state index contributed by atoms with van der Waals surface area (Å²) in [4.78, 5) is 42.1. The van der Waals surface area contributed by atoms with Gasteiger partial charge >= 0.3 is 5.97 Å². The lowest BCUT2D eigenvalue weighted by Crippen LogP contribution is -2.41. The van der Waals surface area contributed by atoms with Crippen LogP contribution in [0, 0.1) is 0 Å². The summed E-state index contributed by atoms with van der Waals surface area (Å²) in [5, 5.41) is 2.70. The van der Waals surface area contributed by atoms with E-state index in [4.69, 9.17) is 4.74 Å². The maximum Gasteiger partial charge on any atom is 0.307 e. The molecule has 0 aliphatic heterocycles. The predicted molar refractivity (Wildman–Crippen MR) is 118 cm³/mol. The zero-order chi connectivity index (χ0) is 22.3. The summed E-state index contributed by atoms with van der Waals surface area (Å²) in [6.45, 7) is 2.90. The zero-order valence-electron chi connectivity index (χ0n) is 18.1. The molecule has 0 saturated heterocycles. The van der Waals surface area contributed by atoms with E-state index in [1.165, 1.54) is 0 Å². The first-order valence-corrected chi connectivity index (χ1v) is 10.7. The van der Waals surface area contributed by atoms with Gasteiger partial charge in [0.15, 0.2) is 0 Å². The van der Waals surface area contributed by atoms with Gasteiger partial charge in [-0.25, -0.2) is 0 Å². The highest BCUT2D eigenvalue weighted by Gasteiger charge is 2.16. The lowest BCUT2D eigenvalue weighted by atomic mass is 10.1. The highest BCUT2D eigenvalue weighted by molar-refractivity contribution is 5.85. The van der Waals surface area contributed by atoms with Crippen molar-refractivity contribution >= 4 is 17.8 Å². The van der Waals surface area contributed by atoms with Crippen molar-refractivity contribution in [2.24, 2.45) is 0 Å². The van der Waals surface area contributed by atoms with Crippen molar-refractivity contribution in [3.05, 3.63) is 66.0 Å². The second-order valence-corrected chi connectivity index (χ2v) is 7.27. The third kappa shape index (κ3) is 9.89. The number of aryl methyl sites for hydroxylation is 1. The van der Waals surface area contributed by atoms with Gasteiger partial charge in [0.1, 0.15) is 6.61 Å². The predicted octanol–water partition coefficient (Wildman–Crippen LogP) is 2.89. The molecule has 2 rings (SSSR count). The minimum absolute atomic E-state index is 0.000985. The Hall–Kier alpha value is -3.22. The fourth-order valence-corrected chi connectivity index (χ4v) is 3.06. The SMILES string of the molecule is CCCN(CC(=O)NCCC(=O)OCc1ccccc1)C(=O)CCCc1ccncc1. The Morgan fingerprint density at radius 3 is 2.45 bits per heavy atom. The van der Waals surface area contributed by atoms with Crippen molar-refractivity contribution in [1.29, 1.82) is 0 Å². The van der Waals surface area contributed by atoms with E-state index < -0.39 is 0 Å². The number of rotatable bonds is 13. The van der Waals surface area contributed by atoms with E-state index in [-0.39, 0.29) is 43.9 Å². The molecule has 0 aliphatic carbocycles. The van der Waals surface area contributed by atoms with Crippen LogP contribution < -0.4 is 5.32 Å². The molecule has 0 saturated carbocycles. The summed E-state index contributed by atoms with van der Waals surface area (Å²) in [6.07, 6.45) is 6.25. The smallest absolute Gasteiger partial charge is 0.307 e. The molecule has 0 fully saturated rings. The number of pyridine rings is 1. The first-order chi connectivity index (χ1) is 15.1. The molecule has 7 nitrogen and oxygen atoms in total. The molecule has 0 bridgehead atoms. The van der Waals surface area contributed by atoms with Crippen molar-refractivity contribution in [2.45, 2.75) is 45.6 Å². The van der Waals surface area contributed by atoms with E-state index in [0.29, 0.717) is 13.0 Å². The maximum absolute atomic E-state index is 12.5. The Balaban J connectivity index is 1.65. The first kappa shape index (κ1) is 24.1. The number of aromatic nitrogens is 1. The van der Waals surface area contributed by atoms with E-state index in [1.807, 2.05) is 49.4 Å². The molecular formula is C24H31N3O4. The van der Waals surface area contributed by atoms with Crippen molar-refractivity contribution in [3.63, 3.8) is 0 Å². The minimum atomic E-state index is -0.373. The van der Waals surface area contributed by atoms with E-state index in [2.05, 4.69) is 10.3 Å². The molecule has 1 heterocycles. The minimum Gasteiger partial charge on any atom is -0.461 e. The van der Waals surface area contributed by atoms with Gasteiger partial charge in [0, 0.05) is 31.9 Å². The third-order valence-electron chi connectivity index (χ3n) is 4.68. The Morgan fingerprint density at radius 2 is 1.74 bits per heavy atom. The van der Waals surface area contributed by atoms with Crippen LogP contribution in [0.1, 0.15) is 43.7 Å². The molecule has 1 aromatic carbocycles. The van der Waals surface area contributed by atoms with Gasteiger partial charge in [-0.1, -0.05) is 37.3 Å². The van der Waals surface area contributed by atoms with E-state index in [1.54, 1.807) is 17.3 Å². The maximum atomic E-state index is 12.5. The zero-order valence-corrected chi connectivity index (χ0v) is 18.1. The fourth-order valence-electron chi connectivity index (χ4n) is 3.06. The summed E-state index contributed by atoms with van der Waals surface area (Å²) < 4.78 is 5.19. The first-order valence-electron chi connectivity index (χ1n) is 10.7. The van der Waals surface area contributed by atoms with Crippen LogP contribution in [0.15, 0.2) is 54.9 Å². The molecule has 0 unspecified atom stereocenters. The highest BCUT2D eigenvalue weighted by atomic mass is 16.5. The topological polar surface area (TPSA) is 88.6 Å². The van der Waals surface area contributed by atoms with Crippen molar-refractivity contribution < 1.29 is 19.1 Å². The summed E-state index contributed by atoms with van der Waals surface area (Å²) in [5.41, 5.74) is 2.05. The number of carbonyl (C=O) groups excluding carboxylic acids is 3. The van der Waals surface area contributed by atoms with Crippen molar-refractivity contribution in [1.82, 2.24) is 15.2 Å². The summed E-state index contributed by atoms with van der Waals surface area (Å²) in [6, 6.07) is 13.3. The van der Waals surface area contributed by atoms with Crippen LogP contribution >= 0.6 is 0 Å². The van der Waals surface area contributed by atoms with E-state index >= 15 is 0 Å². The number of benzene rings is 1. The number of hydrogen-bond acceptors (Lipinski definition) is 5. The van der Waals surface area contributed by atoms with Crippen LogP contribution in [0.3, 0.4) is 0 Å². The summed E-state index contributed by atoms with van der Waals surface area (Å²) in [5.74, 6) is -0.679. The van der Waals surface area contributed by atoms with E-state index in [0.717, 1.165) is 30.4 Å². The molecule has 1 N–H and O–H groups in total. The van der Waals surface area contributed by atoms with Gasteiger partial charge in [0.2, 0.25) is 11.8 Å². The lowest BCUT2D eigenvalue weighted by molar-refractivity contribution is -0.145. The van der Waals surface area contributed by atoms with Crippen LogP contribution in [0.2, 0.25) is 0 Å². The molecule has 7 heteroatoms. The summed E-state index contributed by atoms with van der Waals surface area (Å²) >= 11 is 0. The average Bonchev–Trinajstić information content (AvgIpc) is 2.79. The number of esters is 1. The second-order valence-electron chi connectivity index (χ2n) is 7.27. The quantitative estimate of drug-likeness (QED) is 0.499. The second kappa shape index (κ2) is 13.9. The molecule has 1 aromatic heterocycles. The largest absolute Gasteiger partial charge is 0.461 e. The molecule has 0 spiro atoms. The van der Waals surface area contributed by atoms with Crippen LogP contribution in [-0.4, -0.2) is 47.3 Å². The van der Waals surface area contributed by atoms with Gasteiger partial charge in [-0.2, -0.15) is 0 Å². The molecule has 166 valence electrons. The van der Waals surface area contributed by atoms with Gasteiger partial charge in [-0.05, 0) is 42.5 Å². The Morgan fingerprint density at radius 1 is 1.00 bits per heavy atom. The Kier molecular flexibility index (Phi) is 10.8. The number of hydrogen-bond donors (Lipinski definition) is 1. The number of nitrogens with zero attached hydrogens (tertiary/aromatic N) is 2. The van der Waals surface area contributed by atoms with Gasteiger partial charge in [0.25, 0.3) is 0 Å². The van der Waals surface area contributed by atoms with Crippen LogP contribution in [-0.2, 0) is 32.1 Å². The molecule has 31 heavy (non-hydrogen) atoms. The van der Waals surface area contributed by atoms with Crippen molar-refractivity contribution in [3.8, 4) is 0 Å². The Labute approximate surface area is 183 Å². The number of amides is 2. The molecule has 0 radical (unpaired) electrons. The molecular weight excluding hydrogens is 394 g/mol. The van der Waals surface area contributed by atoms with Gasteiger partial charge in [-0.15, -0.1) is 0 Å². The van der Waals surface area contributed by atoms with Crippen LogP contribution in [0.25, 0.3) is 0 Å². The molecule has 2 aromatic rings. The molecule has 0 aliphatic rings. The van der Waals surface area contributed by atoms with Crippen LogP contribution in [0.4, 0.5) is 0 Å². The molecule has 2 amide bonds. The normalized spacial score (nSPS) is 10.4. The average molecular weight is 426 g/mol. The van der Waals surface area contributed by atoms with Crippen LogP contribution in [0.5, 0.6) is 0 Å². The third-order valence-corrected chi connectivity index (χ3v) is 4.68. The van der Waals surface area contributed by atoms with Gasteiger partial charge in [0.05, 0.1) is 13.0 Å². The van der Waals surface area contributed by atoms with Gasteiger partial charge < -0.3 is 15.0 Å². The number of ether oxygens (including phenoxy) is 1. The number of carbonyl (C=O) groups is 3. The fraction of sp³-hybridized carbons (Fsp3) is 0.417. The highest BCUT2D eigenvalue weighted by Crippen LogP contribution is 2.06. The Bertz CT molecular complexity index is 812.